The number of rotatable bonds is 2. The topological polar surface area (TPSA) is 0 Å². The van der Waals surface area contributed by atoms with Crippen LogP contribution >= 0.6 is 0 Å². The van der Waals surface area contributed by atoms with E-state index in [4.69, 9.17) is 0 Å². The quantitative estimate of drug-likeness (QED) is 0.540. The van der Waals surface area contributed by atoms with Crippen LogP contribution in [0.3, 0.4) is 0 Å². The van der Waals surface area contributed by atoms with Crippen LogP contribution in [0.25, 0.3) is 0 Å². The summed E-state index contributed by atoms with van der Waals surface area (Å²) in [4.78, 5) is 0. The lowest BCUT2D eigenvalue weighted by atomic mass is 9.85. The molecule has 0 spiro atoms. The molecule has 0 amide bonds. The number of hydrogen-bond donors (Lipinski definition) is 0. The normalized spacial score (nSPS) is 16.8. The first kappa shape index (κ1) is 11.7. The SMILES string of the molecule is CC(=CC(C)(C)C)C(C)C(C)C. The minimum atomic E-state index is 0.327. The molecule has 0 aromatic heterocycles. The van der Waals surface area contributed by atoms with E-state index < -0.39 is 0 Å². The van der Waals surface area contributed by atoms with Gasteiger partial charge in [-0.1, -0.05) is 53.2 Å². The van der Waals surface area contributed by atoms with Crippen molar-refractivity contribution in [3.63, 3.8) is 0 Å². The Morgan fingerprint density at radius 2 is 1.50 bits per heavy atom. The third-order valence-electron chi connectivity index (χ3n) is 2.38. The van der Waals surface area contributed by atoms with E-state index in [2.05, 4.69) is 54.5 Å². The van der Waals surface area contributed by atoms with Crippen molar-refractivity contribution in [2.45, 2.75) is 48.5 Å². The van der Waals surface area contributed by atoms with Gasteiger partial charge < -0.3 is 0 Å². The Kier molecular flexibility index (Phi) is 4.02. The van der Waals surface area contributed by atoms with Crippen LogP contribution in [0.15, 0.2) is 11.6 Å². The summed E-state index contributed by atoms with van der Waals surface area (Å²) in [5, 5.41) is 0. The zero-order valence-electron chi connectivity index (χ0n) is 9.73. The first-order chi connectivity index (χ1) is 5.24. The van der Waals surface area contributed by atoms with Gasteiger partial charge >= 0.3 is 0 Å². The van der Waals surface area contributed by atoms with Gasteiger partial charge in [0.2, 0.25) is 0 Å². The molecular weight excluding hydrogens is 144 g/mol. The van der Waals surface area contributed by atoms with E-state index in [9.17, 15) is 0 Å². The van der Waals surface area contributed by atoms with Crippen LogP contribution in [0.5, 0.6) is 0 Å². The molecule has 0 radical (unpaired) electrons. The lowest BCUT2D eigenvalue weighted by Gasteiger charge is -2.21. The summed E-state index contributed by atoms with van der Waals surface area (Å²) in [6.07, 6.45) is 2.39. The van der Waals surface area contributed by atoms with Gasteiger partial charge in [-0.25, -0.2) is 0 Å². The second kappa shape index (κ2) is 4.11. The van der Waals surface area contributed by atoms with Crippen molar-refractivity contribution in [1.82, 2.24) is 0 Å². The summed E-state index contributed by atoms with van der Waals surface area (Å²) in [7, 11) is 0. The zero-order chi connectivity index (χ0) is 9.94. The summed E-state index contributed by atoms with van der Waals surface area (Å²) in [5.74, 6) is 1.47. The highest BCUT2D eigenvalue weighted by Gasteiger charge is 2.12. The molecule has 0 saturated carbocycles. The van der Waals surface area contributed by atoms with Gasteiger partial charge in [-0.15, -0.1) is 0 Å². The van der Waals surface area contributed by atoms with Crippen molar-refractivity contribution in [1.29, 1.82) is 0 Å². The summed E-state index contributed by atoms with van der Waals surface area (Å²) in [6, 6.07) is 0. The number of hydrogen-bond acceptors (Lipinski definition) is 0. The predicted molar refractivity (Wildman–Crippen MR) is 57.2 cm³/mol. The average molecular weight is 168 g/mol. The van der Waals surface area contributed by atoms with Gasteiger partial charge in [0.05, 0.1) is 0 Å². The van der Waals surface area contributed by atoms with Crippen LogP contribution in [-0.2, 0) is 0 Å². The maximum Gasteiger partial charge on any atom is -0.0200 e. The maximum absolute atomic E-state index is 2.39. The largest absolute Gasteiger partial charge is 0.0799 e. The van der Waals surface area contributed by atoms with Crippen molar-refractivity contribution in [3.05, 3.63) is 11.6 Å². The highest BCUT2D eigenvalue weighted by Crippen LogP contribution is 2.25. The van der Waals surface area contributed by atoms with Gasteiger partial charge in [0.15, 0.2) is 0 Å². The van der Waals surface area contributed by atoms with Crippen LogP contribution in [0.4, 0.5) is 0 Å². The molecule has 1 unspecified atom stereocenters. The van der Waals surface area contributed by atoms with Gasteiger partial charge in [0.1, 0.15) is 0 Å². The molecule has 12 heavy (non-hydrogen) atoms. The Morgan fingerprint density at radius 1 is 1.08 bits per heavy atom. The van der Waals surface area contributed by atoms with Gasteiger partial charge in [0.25, 0.3) is 0 Å². The molecule has 0 N–H and O–H groups in total. The molecule has 0 aromatic carbocycles. The van der Waals surface area contributed by atoms with Gasteiger partial charge in [-0.05, 0) is 24.2 Å². The van der Waals surface area contributed by atoms with Crippen molar-refractivity contribution in [2.24, 2.45) is 17.3 Å². The standard InChI is InChI=1S/C12H24/c1-9(2)11(4)10(3)8-12(5,6)7/h8-9,11H,1-7H3. The fourth-order valence-electron chi connectivity index (χ4n) is 1.34. The Balaban J connectivity index is 4.38. The molecule has 0 nitrogen and oxygen atoms in total. The lowest BCUT2D eigenvalue weighted by molar-refractivity contribution is 0.461. The Labute approximate surface area is 78.1 Å². The third kappa shape index (κ3) is 4.58. The van der Waals surface area contributed by atoms with Crippen molar-refractivity contribution in [2.75, 3.05) is 0 Å². The van der Waals surface area contributed by atoms with E-state index in [-0.39, 0.29) is 0 Å². The molecular formula is C12H24. The predicted octanol–water partition coefficient (Wildman–Crippen LogP) is 4.27. The van der Waals surface area contributed by atoms with E-state index in [1.807, 2.05) is 0 Å². The molecule has 0 aromatic rings. The molecule has 0 aliphatic heterocycles. The summed E-state index contributed by atoms with van der Waals surface area (Å²) >= 11 is 0. The van der Waals surface area contributed by atoms with E-state index in [1.165, 1.54) is 5.57 Å². The first-order valence-corrected chi connectivity index (χ1v) is 4.93. The molecule has 1 atom stereocenters. The van der Waals surface area contributed by atoms with E-state index in [0.29, 0.717) is 11.3 Å². The molecule has 72 valence electrons. The van der Waals surface area contributed by atoms with E-state index in [0.717, 1.165) is 5.92 Å². The van der Waals surface area contributed by atoms with Crippen molar-refractivity contribution in [3.8, 4) is 0 Å². The fraction of sp³-hybridized carbons (Fsp3) is 0.833. The Bertz CT molecular complexity index is 155. The number of allylic oxidation sites excluding steroid dienone is 2. The minimum Gasteiger partial charge on any atom is -0.0799 e. The molecule has 0 heteroatoms. The minimum absolute atomic E-state index is 0.327. The van der Waals surface area contributed by atoms with Crippen LogP contribution in [0.2, 0.25) is 0 Å². The summed E-state index contributed by atoms with van der Waals surface area (Å²) < 4.78 is 0. The second-order valence-electron chi connectivity index (χ2n) is 5.29. The molecule has 0 bridgehead atoms. The van der Waals surface area contributed by atoms with Crippen LogP contribution in [0.1, 0.15) is 48.5 Å². The van der Waals surface area contributed by atoms with Crippen LogP contribution in [0, 0.1) is 17.3 Å². The summed E-state index contributed by atoms with van der Waals surface area (Å²) in [5.41, 5.74) is 1.85. The smallest absolute Gasteiger partial charge is 0.0200 e. The second-order valence-corrected chi connectivity index (χ2v) is 5.29. The monoisotopic (exact) mass is 168 g/mol. The Hall–Kier alpha value is -0.260. The molecule has 0 aliphatic rings. The summed E-state index contributed by atoms with van der Waals surface area (Å²) in [6.45, 7) is 15.9. The lowest BCUT2D eigenvalue weighted by Crippen LogP contribution is -2.09. The average Bonchev–Trinajstić information content (AvgIpc) is 1.82. The molecule has 0 heterocycles. The molecule has 0 saturated heterocycles. The van der Waals surface area contributed by atoms with Crippen molar-refractivity contribution >= 4 is 0 Å². The van der Waals surface area contributed by atoms with Crippen LogP contribution in [-0.4, -0.2) is 0 Å². The van der Waals surface area contributed by atoms with Gasteiger partial charge in [0, 0.05) is 0 Å². The van der Waals surface area contributed by atoms with E-state index >= 15 is 0 Å². The fourth-order valence-corrected chi connectivity index (χ4v) is 1.34. The third-order valence-corrected chi connectivity index (χ3v) is 2.38. The van der Waals surface area contributed by atoms with Gasteiger partial charge in [-0.3, -0.25) is 0 Å². The first-order valence-electron chi connectivity index (χ1n) is 4.93. The van der Waals surface area contributed by atoms with Gasteiger partial charge in [-0.2, -0.15) is 0 Å². The van der Waals surface area contributed by atoms with Crippen molar-refractivity contribution < 1.29 is 0 Å². The molecule has 0 rings (SSSR count). The molecule has 0 aliphatic carbocycles. The highest BCUT2D eigenvalue weighted by atomic mass is 14.2. The molecule has 0 fully saturated rings. The zero-order valence-corrected chi connectivity index (χ0v) is 9.73. The Morgan fingerprint density at radius 3 is 1.75 bits per heavy atom. The van der Waals surface area contributed by atoms with Crippen LogP contribution < -0.4 is 0 Å². The maximum atomic E-state index is 2.39. The highest BCUT2D eigenvalue weighted by molar-refractivity contribution is 5.07. The van der Waals surface area contributed by atoms with E-state index in [1.54, 1.807) is 0 Å².